The maximum Gasteiger partial charge on any atom is 0.251 e. The molecule has 4 heteroatoms. The van der Waals surface area contributed by atoms with E-state index in [0.717, 1.165) is 36.9 Å². The second-order valence-electron chi connectivity index (χ2n) is 6.95. The second kappa shape index (κ2) is 9.04. The first kappa shape index (κ1) is 18.0. The van der Waals surface area contributed by atoms with Crippen molar-refractivity contribution in [3.05, 3.63) is 35.4 Å². The SMILES string of the molecule is COCc1ccc(C(=O)NCCCN2CC(C)CC(C)C2)cc1. The Morgan fingerprint density at radius 1 is 1.22 bits per heavy atom. The van der Waals surface area contributed by atoms with Crippen molar-refractivity contribution in [2.75, 3.05) is 33.3 Å². The number of carbonyl (C=O) groups is 1. The summed E-state index contributed by atoms with van der Waals surface area (Å²) in [6, 6.07) is 7.60. The summed E-state index contributed by atoms with van der Waals surface area (Å²) in [6.45, 7) is 9.43. The summed E-state index contributed by atoms with van der Waals surface area (Å²) in [5, 5.41) is 3.02. The molecule has 0 saturated carbocycles. The average Bonchev–Trinajstić information content (AvgIpc) is 2.51. The van der Waals surface area contributed by atoms with E-state index in [4.69, 9.17) is 4.74 Å². The van der Waals surface area contributed by atoms with E-state index < -0.39 is 0 Å². The molecule has 0 spiro atoms. The number of hydrogen-bond donors (Lipinski definition) is 1. The van der Waals surface area contributed by atoms with Gasteiger partial charge in [-0.2, -0.15) is 0 Å². The van der Waals surface area contributed by atoms with E-state index in [1.54, 1.807) is 7.11 Å². The lowest BCUT2D eigenvalue weighted by Crippen LogP contribution is -2.40. The predicted molar refractivity (Wildman–Crippen MR) is 93.5 cm³/mol. The summed E-state index contributed by atoms with van der Waals surface area (Å²) in [6.07, 6.45) is 2.35. The van der Waals surface area contributed by atoms with Crippen molar-refractivity contribution in [1.82, 2.24) is 10.2 Å². The van der Waals surface area contributed by atoms with Crippen LogP contribution < -0.4 is 5.32 Å². The van der Waals surface area contributed by atoms with Gasteiger partial charge in [-0.3, -0.25) is 4.79 Å². The first-order chi connectivity index (χ1) is 11.1. The Kier molecular flexibility index (Phi) is 7.06. The van der Waals surface area contributed by atoms with Crippen LogP contribution in [0.1, 0.15) is 42.6 Å². The number of likely N-dealkylation sites (tertiary alicyclic amines) is 1. The smallest absolute Gasteiger partial charge is 0.251 e. The van der Waals surface area contributed by atoms with Crippen molar-refractivity contribution < 1.29 is 9.53 Å². The first-order valence-electron chi connectivity index (χ1n) is 8.67. The molecule has 0 aliphatic carbocycles. The highest BCUT2D eigenvalue weighted by Gasteiger charge is 2.21. The van der Waals surface area contributed by atoms with Gasteiger partial charge in [-0.15, -0.1) is 0 Å². The molecule has 2 rings (SSSR count). The summed E-state index contributed by atoms with van der Waals surface area (Å²) in [4.78, 5) is 14.6. The van der Waals surface area contributed by atoms with E-state index in [0.29, 0.717) is 12.2 Å². The summed E-state index contributed by atoms with van der Waals surface area (Å²) in [5.74, 6) is 1.59. The minimum atomic E-state index is 0.00865. The lowest BCUT2D eigenvalue weighted by molar-refractivity contribution is 0.0947. The molecule has 0 bridgehead atoms. The second-order valence-corrected chi connectivity index (χ2v) is 6.95. The molecular formula is C19H30N2O2. The van der Waals surface area contributed by atoms with Crippen LogP contribution in [0.2, 0.25) is 0 Å². The molecule has 23 heavy (non-hydrogen) atoms. The number of rotatable bonds is 7. The molecule has 1 fully saturated rings. The van der Waals surface area contributed by atoms with Crippen LogP contribution in [0.15, 0.2) is 24.3 Å². The van der Waals surface area contributed by atoms with E-state index in [1.165, 1.54) is 19.5 Å². The summed E-state index contributed by atoms with van der Waals surface area (Å²) >= 11 is 0. The fraction of sp³-hybridized carbons (Fsp3) is 0.632. The van der Waals surface area contributed by atoms with Gasteiger partial charge in [0.25, 0.3) is 5.91 Å². The van der Waals surface area contributed by atoms with E-state index in [1.807, 2.05) is 24.3 Å². The lowest BCUT2D eigenvalue weighted by Gasteiger charge is -2.34. The Morgan fingerprint density at radius 3 is 2.48 bits per heavy atom. The quantitative estimate of drug-likeness (QED) is 0.786. The van der Waals surface area contributed by atoms with Crippen LogP contribution in [0.3, 0.4) is 0 Å². The normalized spacial score (nSPS) is 22.0. The van der Waals surface area contributed by atoms with E-state index in [9.17, 15) is 4.79 Å². The van der Waals surface area contributed by atoms with E-state index in [-0.39, 0.29) is 5.91 Å². The summed E-state index contributed by atoms with van der Waals surface area (Å²) in [7, 11) is 1.67. The number of methoxy groups -OCH3 is 1. The minimum absolute atomic E-state index is 0.00865. The molecule has 4 nitrogen and oxygen atoms in total. The molecule has 1 saturated heterocycles. The Balaban J connectivity index is 1.68. The molecular weight excluding hydrogens is 288 g/mol. The zero-order valence-electron chi connectivity index (χ0n) is 14.7. The third-order valence-electron chi connectivity index (χ3n) is 4.41. The van der Waals surface area contributed by atoms with Crippen LogP contribution in [0, 0.1) is 11.8 Å². The highest BCUT2D eigenvalue weighted by molar-refractivity contribution is 5.94. The van der Waals surface area contributed by atoms with Gasteiger partial charge in [0.1, 0.15) is 0 Å². The maximum absolute atomic E-state index is 12.1. The number of carbonyl (C=O) groups excluding carboxylic acids is 1. The molecule has 2 unspecified atom stereocenters. The molecule has 1 amide bonds. The highest BCUT2D eigenvalue weighted by Crippen LogP contribution is 2.20. The van der Waals surface area contributed by atoms with Gasteiger partial charge >= 0.3 is 0 Å². The zero-order chi connectivity index (χ0) is 16.7. The molecule has 1 aliphatic heterocycles. The number of nitrogens with one attached hydrogen (secondary N) is 1. The van der Waals surface area contributed by atoms with Crippen molar-refractivity contribution >= 4 is 5.91 Å². The van der Waals surface area contributed by atoms with E-state index in [2.05, 4.69) is 24.1 Å². The van der Waals surface area contributed by atoms with E-state index >= 15 is 0 Å². The molecule has 0 aromatic heterocycles. The number of piperidine rings is 1. The zero-order valence-corrected chi connectivity index (χ0v) is 14.7. The van der Waals surface area contributed by atoms with Crippen LogP contribution in [0.5, 0.6) is 0 Å². The molecule has 1 aromatic carbocycles. The number of amides is 1. The number of ether oxygens (including phenoxy) is 1. The minimum Gasteiger partial charge on any atom is -0.380 e. The summed E-state index contributed by atoms with van der Waals surface area (Å²) < 4.78 is 5.08. The van der Waals surface area contributed by atoms with Gasteiger partial charge in [0, 0.05) is 32.3 Å². The topological polar surface area (TPSA) is 41.6 Å². The Morgan fingerprint density at radius 2 is 1.87 bits per heavy atom. The monoisotopic (exact) mass is 318 g/mol. The Hall–Kier alpha value is -1.39. The van der Waals surface area contributed by atoms with Crippen molar-refractivity contribution in [1.29, 1.82) is 0 Å². The molecule has 2 atom stereocenters. The van der Waals surface area contributed by atoms with Crippen LogP contribution in [0.25, 0.3) is 0 Å². The van der Waals surface area contributed by atoms with Gasteiger partial charge < -0.3 is 15.0 Å². The largest absolute Gasteiger partial charge is 0.380 e. The maximum atomic E-state index is 12.1. The molecule has 128 valence electrons. The fourth-order valence-electron chi connectivity index (χ4n) is 3.50. The molecule has 0 radical (unpaired) electrons. The number of benzene rings is 1. The van der Waals surface area contributed by atoms with Gasteiger partial charge in [0.15, 0.2) is 0 Å². The van der Waals surface area contributed by atoms with Crippen molar-refractivity contribution in [3.8, 4) is 0 Å². The van der Waals surface area contributed by atoms with Crippen molar-refractivity contribution in [2.45, 2.75) is 33.3 Å². The molecule has 1 N–H and O–H groups in total. The lowest BCUT2D eigenvalue weighted by atomic mass is 9.92. The van der Waals surface area contributed by atoms with Crippen molar-refractivity contribution in [2.24, 2.45) is 11.8 Å². The molecule has 1 aromatic rings. The van der Waals surface area contributed by atoms with Crippen LogP contribution in [-0.2, 0) is 11.3 Å². The predicted octanol–water partition coefficient (Wildman–Crippen LogP) is 2.93. The van der Waals surface area contributed by atoms with Gasteiger partial charge in [-0.25, -0.2) is 0 Å². The van der Waals surface area contributed by atoms with Gasteiger partial charge in [0.05, 0.1) is 6.61 Å². The number of nitrogens with zero attached hydrogens (tertiary/aromatic N) is 1. The molecule has 1 heterocycles. The van der Waals surface area contributed by atoms with Crippen LogP contribution in [-0.4, -0.2) is 44.1 Å². The average molecular weight is 318 g/mol. The van der Waals surface area contributed by atoms with Crippen molar-refractivity contribution in [3.63, 3.8) is 0 Å². The van der Waals surface area contributed by atoms with Gasteiger partial charge in [0.2, 0.25) is 0 Å². The third kappa shape index (κ3) is 5.96. The first-order valence-corrected chi connectivity index (χ1v) is 8.67. The van der Waals surface area contributed by atoms with Crippen LogP contribution >= 0.6 is 0 Å². The highest BCUT2D eigenvalue weighted by atomic mass is 16.5. The molecule has 1 aliphatic rings. The van der Waals surface area contributed by atoms with Crippen LogP contribution in [0.4, 0.5) is 0 Å². The summed E-state index contributed by atoms with van der Waals surface area (Å²) in [5.41, 5.74) is 1.79. The standard InChI is InChI=1S/C19H30N2O2/c1-15-11-16(2)13-21(12-15)10-4-9-20-19(22)18-7-5-17(6-8-18)14-23-3/h5-8,15-16H,4,9-14H2,1-3H3,(H,20,22). The Labute approximate surface area is 140 Å². The Bertz CT molecular complexity index is 477. The van der Waals surface area contributed by atoms with Gasteiger partial charge in [-0.1, -0.05) is 26.0 Å². The fourth-order valence-corrected chi connectivity index (χ4v) is 3.50. The number of hydrogen-bond acceptors (Lipinski definition) is 3. The van der Waals surface area contributed by atoms with Gasteiger partial charge in [-0.05, 0) is 48.9 Å². The third-order valence-corrected chi connectivity index (χ3v) is 4.41.